The molecule has 0 radical (unpaired) electrons. The summed E-state index contributed by atoms with van der Waals surface area (Å²) >= 11 is 0. The van der Waals surface area contributed by atoms with Crippen molar-refractivity contribution < 1.29 is 9.53 Å². The predicted octanol–water partition coefficient (Wildman–Crippen LogP) is 2.28. The molecule has 1 aliphatic heterocycles. The second kappa shape index (κ2) is 12.9. The van der Waals surface area contributed by atoms with Crippen molar-refractivity contribution in [3.05, 3.63) is 35.9 Å². The Morgan fingerprint density at radius 1 is 1.09 bits per heavy atom. The average Bonchev–Trinajstić information content (AvgIpc) is 2.62. The number of amides is 2. The van der Waals surface area contributed by atoms with Crippen LogP contribution in [0.1, 0.15) is 25.8 Å². The number of ether oxygens (including phenoxy) is 1. The molecule has 1 saturated heterocycles. The number of carbonyl (C=O) groups excluding carboxylic acids is 1. The van der Waals surface area contributed by atoms with Gasteiger partial charge in [0.25, 0.3) is 0 Å². The highest BCUT2D eigenvalue weighted by Gasteiger charge is 2.09. The normalized spacial score (nSPS) is 14.5. The molecule has 0 atom stereocenters. The van der Waals surface area contributed by atoms with Crippen molar-refractivity contribution in [1.82, 2.24) is 15.5 Å². The van der Waals surface area contributed by atoms with E-state index in [1.54, 1.807) is 0 Å². The van der Waals surface area contributed by atoms with Crippen molar-refractivity contribution >= 4 is 6.03 Å². The van der Waals surface area contributed by atoms with Gasteiger partial charge in [-0.1, -0.05) is 44.2 Å². The van der Waals surface area contributed by atoms with Gasteiger partial charge in [0.2, 0.25) is 0 Å². The lowest BCUT2D eigenvalue weighted by Gasteiger charge is -2.26. The fourth-order valence-electron chi connectivity index (χ4n) is 2.36. The molecule has 2 amide bonds. The van der Waals surface area contributed by atoms with E-state index in [4.69, 9.17) is 4.74 Å². The van der Waals surface area contributed by atoms with Crippen LogP contribution >= 0.6 is 0 Å². The number of nitrogens with one attached hydrogen (secondary N) is 2. The number of hydrogen-bond donors (Lipinski definition) is 2. The first-order valence-electron chi connectivity index (χ1n) is 8.70. The largest absolute Gasteiger partial charge is 0.379 e. The summed E-state index contributed by atoms with van der Waals surface area (Å²) in [6.45, 7) is 10.1. The average molecular weight is 321 g/mol. The van der Waals surface area contributed by atoms with E-state index in [2.05, 4.69) is 27.7 Å². The molecular formula is C18H31N3O2. The summed E-state index contributed by atoms with van der Waals surface area (Å²) in [5.74, 6) is 0. The molecule has 5 heteroatoms. The second-order valence-corrected chi connectivity index (χ2v) is 5.23. The zero-order chi connectivity index (χ0) is 16.8. The van der Waals surface area contributed by atoms with Gasteiger partial charge in [0.05, 0.1) is 13.2 Å². The van der Waals surface area contributed by atoms with Crippen molar-refractivity contribution in [2.45, 2.75) is 26.7 Å². The molecule has 23 heavy (non-hydrogen) atoms. The molecule has 1 aromatic rings. The molecule has 1 aliphatic rings. The van der Waals surface area contributed by atoms with Crippen LogP contribution in [-0.4, -0.2) is 56.9 Å². The van der Waals surface area contributed by atoms with E-state index in [-0.39, 0.29) is 6.03 Å². The molecule has 0 aromatic heterocycles. The molecule has 130 valence electrons. The standard InChI is InChI=1S/C16H25N3O2.C2H6/c20-16(18-9-7-15-5-2-1-3-6-15)17-8-4-10-19-11-13-21-14-12-19;1-2/h1-3,5-6H,4,7-14H2,(H2,17,18,20);1-2H3. The maximum absolute atomic E-state index is 11.6. The summed E-state index contributed by atoms with van der Waals surface area (Å²) < 4.78 is 5.30. The highest BCUT2D eigenvalue weighted by Crippen LogP contribution is 1.98. The maximum atomic E-state index is 11.6. The molecule has 0 aliphatic carbocycles. The molecule has 2 N–H and O–H groups in total. The lowest BCUT2D eigenvalue weighted by molar-refractivity contribution is 0.0375. The Bertz CT molecular complexity index is 406. The third-order valence-electron chi connectivity index (χ3n) is 3.58. The van der Waals surface area contributed by atoms with Crippen LogP contribution < -0.4 is 10.6 Å². The van der Waals surface area contributed by atoms with Crippen LogP contribution in [0.3, 0.4) is 0 Å². The van der Waals surface area contributed by atoms with Gasteiger partial charge in [0.15, 0.2) is 0 Å². The van der Waals surface area contributed by atoms with E-state index in [0.717, 1.165) is 45.7 Å². The van der Waals surface area contributed by atoms with Crippen LogP contribution in [0, 0.1) is 0 Å². The number of nitrogens with zero attached hydrogens (tertiary/aromatic N) is 1. The minimum atomic E-state index is -0.0760. The minimum Gasteiger partial charge on any atom is -0.379 e. The van der Waals surface area contributed by atoms with Crippen molar-refractivity contribution in [2.24, 2.45) is 0 Å². The first-order chi connectivity index (χ1) is 11.3. The first-order valence-corrected chi connectivity index (χ1v) is 8.70. The van der Waals surface area contributed by atoms with Gasteiger partial charge in [-0.05, 0) is 24.9 Å². The molecule has 1 aromatic carbocycles. The molecule has 2 rings (SSSR count). The van der Waals surface area contributed by atoms with Gasteiger partial charge in [0.1, 0.15) is 0 Å². The summed E-state index contributed by atoms with van der Waals surface area (Å²) in [7, 11) is 0. The fourth-order valence-corrected chi connectivity index (χ4v) is 2.36. The topological polar surface area (TPSA) is 53.6 Å². The van der Waals surface area contributed by atoms with Gasteiger partial charge in [-0.3, -0.25) is 4.90 Å². The van der Waals surface area contributed by atoms with Crippen LogP contribution in [0.4, 0.5) is 4.79 Å². The van der Waals surface area contributed by atoms with Crippen LogP contribution in [0.15, 0.2) is 30.3 Å². The van der Waals surface area contributed by atoms with Gasteiger partial charge < -0.3 is 15.4 Å². The molecule has 0 bridgehead atoms. The number of rotatable bonds is 7. The number of carbonyl (C=O) groups is 1. The molecule has 5 nitrogen and oxygen atoms in total. The van der Waals surface area contributed by atoms with Gasteiger partial charge in [-0.2, -0.15) is 0 Å². The fraction of sp³-hybridized carbons (Fsp3) is 0.611. The summed E-state index contributed by atoms with van der Waals surface area (Å²) in [5.41, 5.74) is 1.24. The monoisotopic (exact) mass is 321 g/mol. The Balaban J connectivity index is 0.00000127. The number of benzene rings is 1. The molecule has 1 fully saturated rings. The van der Waals surface area contributed by atoms with Gasteiger partial charge in [0, 0.05) is 26.2 Å². The van der Waals surface area contributed by atoms with Crippen LogP contribution in [0.5, 0.6) is 0 Å². The Morgan fingerprint density at radius 2 is 1.74 bits per heavy atom. The SMILES string of the molecule is CC.O=C(NCCCN1CCOCC1)NCCc1ccccc1. The van der Waals surface area contributed by atoms with Crippen molar-refractivity contribution in [3.63, 3.8) is 0 Å². The Kier molecular flexibility index (Phi) is 10.9. The smallest absolute Gasteiger partial charge is 0.314 e. The quantitative estimate of drug-likeness (QED) is 0.758. The third-order valence-corrected chi connectivity index (χ3v) is 3.58. The van der Waals surface area contributed by atoms with E-state index in [1.165, 1.54) is 5.56 Å². The number of morpholine rings is 1. The summed E-state index contributed by atoms with van der Waals surface area (Å²) in [5, 5.41) is 5.79. The van der Waals surface area contributed by atoms with E-state index in [9.17, 15) is 4.79 Å². The maximum Gasteiger partial charge on any atom is 0.314 e. The van der Waals surface area contributed by atoms with Crippen LogP contribution in [0.25, 0.3) is 0 Å². The van der Waals surface area contributed by atoms with E-state index in [0.29, 0.717) is 13.1 Å². The minimum absolute atomic E-state index is 0.0760. The molecule has 0 saturated carbocycles. The van der Waals surface area contributed by atoms with Crippen molar-refractivity contribution in [1.29, 1.82) is 0 Å². The van der Waals surface area contributed by atoms with E-state index < -0.39 is 0 Å². The third kappa shape index (κ3) is 9.21. The number of hydrogen-bond acceptors (Lipinski definition) is 3. The predicted molar refractivity (Wildman–Crippen MR) is 94.8 cm³/mol. The van der Waals surface area contributed by atoms with Gasteiger partial charge >= 0.3 is 6.03 Å². The Labute approximate surface area is 140 Å². The lowest BCUT2D eigenvalue weighted by Crippen LogP contribution is -2.40. The van der Waals surface area contributed by atoms with Crippen molar-refractivity contribution in [3.8, 4) is 0 Å². The summed E-state index contributed by atoms with van der Waals surface area (Å²) in [6, 6.07) is 10.1. The molecular weight excluding hydrogens is 290 g/mol. The highest BCUT2D eigenvalue weighted by molar-refractivity contribution is 5.73. The van der Waals surface area contributed by atoms with E-state index >= 15 is 0 Å². The van der Waals surface area contributed by atoms with Crippen LogP contribution in [0.2, 0.25) is 0 Å². The van der Waals surface area contributed by atoms with E-state index in [1.807, 2.05) is 32.0 Å². The highest BCUT2D eigenvalue weighted by atomic mass is 16.5. The first kappa shape index (κ1) is 19.5. The molecule has 0 unspecified atom stereocenters. The van der Waals surface area contributed by atoms with Crippen molar-refractivity contribution in [2.75, 3.05) is 45.9 Å². The zero-order valence-electron chi connectivity index (χ0n) is 14.5. The Hall–Kier alpha value is -1.59. The van der Waals surface area contributed by atoms with Gasteiger partial charge in [-0.25, -0.2) is 4.79 Å². The number of urea groups is 1. The molecule has 1 heterocycles. The Morgan fingerprint density at radius 3 is 2.43 bits per heavy atom. The zero-order valence-corrected chi connectivity index (χ0v) is 14.5. The molecule has 0 spiro atoms. The second-order valence-electron chi connectivity index (χ2n) is 5.23. The lowest BCUT2D eigenvalue weighted by atomic mass is 10.1. The summed E-state index contributed by atoms with van der Waals surface area (Å²) in [4.78, 5) is 14.0. The van der Waals surface area contributed by atoms with Gasteiger partial charge in [-0.15, -0.1) is 0 Å². The summed E-state index contributed by atoms with van der Waals surface area (Å²) in [6.07, 6.45) is 1.84. The van der Waals surface area contributed by atoms with Crippen LogP contribution in [-0.2, 0) is 11.2 Å².